The van der Waals surface area contributed by atoms with E-state index in [9.17, 15) is 4.39 Å². The molecule has 0 unspecified atom stereocenters. The molecule has 2 N–H and O–H groups in total. The molecule has 1 aromatic carbocycles. The number of aromatic nitrogens is 3. The van der Waals surface area contributed by atoms with Gasteiger partial charge in [0.25, 0.3) is 0 Å². The number of nitrogen functional groups attached to an aromatic ring is 1. The first-order valence-corrected chi connectivity index (χ1v) is 5.49. The highest BCUT2D eigenvalue weighted by Gasteiger charge is 2.12. The molecule has 0 aliphatic carbocycles. The molecule has 5 heteroatoms. The Labute approximate surface area is 103 Å². The van der Waals surface area contributed by atoms with Gasteiger partial charge in [-0.3, -0.25) is 0 Å². The molecule has 0 amide bonds. The smallest absolute Gasteiger partial charge is 0.178 e. The molecule has 0 radical (unpaired) electrons. The molecule has 3 aromatic rings. The van der Waals surface area contributed by atoms with Gasteiger partial charge in [0.2, 0.25) is 0 Å². The van der Waals surface area contributed by atoms with Gasteiger partial charge in [0.1, 0.15) is 11.6 Å². The summed E-state index contributed by atoms with van der Waals surface area (Å²) in [5.74, 6) is 0.328. The Kier molecular flexibility index (Phi) is 2.26. The minimum atomic E-state index is -0.354. The molecule has 0 saturated heterocycles. The molecule has 0 aliphatic rings. The number of nitrogens with two attached hydrogens (primary N) is 1. The maximum atomic E-state index is 13.0. The van der Waals surface area contributed by atoms with Gasteiger partial charge in [0.05, 0.1) is 5.52 Å². The van der Waals surface area contributed by atoms with E-state index in [1.807, 2.05) is 23.7 Å². The lowest BCUT2D eigenvalue weighted by Crippen LogP contribution is -1.97. The van der Waals surface area contributed by atoms with Crippen molar-refractivity contribution in [3.63, 3.8) is 0 Å². The molecule has 0 bridgehead atoms. The van der Waals surface area contributed by atoms with Gasteiger partial charge in [-0.2, -0.15) is 0 Å². The number of pyridine rings is 1. The van der Waals surface area contributed by atoms with Gasteiger partial charge >= 0.3 is 0 Å². The van der Waals surface area contributed by atoms with Crippen LogP contribution in [0.5, 0.6) is 0 Å². The zero-order valence-electron chi connectivity index (χ0n) is 9.76. The third-order valence-electron chi connectivity index (χ3n) is 2.91. The van der Waals surface area contributed by atoms with Gasteiger partial charge < -0.3 is 10.3 Å². The molecular formula is C13H11FN4. The van der Waals surface area contributed by atoms with Crippen molar-refractivity contribution in [2.45, 2.75) is 0 Å². The summed E-state index contributed by atoms with van der Waals surface area (Å²) in [5, 5.41) is 0. The minimum absolute atomic E-state index is 0.354. The summed E-state index contributed by atoms with van der Waals surface area (Å²) in [5.41, 5.74) is 8.47. The number of aryl methyl sites for hydroxylation is 1. The number of imidazole rings is 1. The summed E-state index contributed by atoms with van der Waals surface area (Å²) in [7, 11) is 1.88. The van der Waals surface area contributed by atoms with E-state index in [0.717, 1.165) is 5.52 Å². The molecular weight excluding hydrogens is 231 g/mol. The lowest BCUT2D eigenvalue weighted by atomic mass is 10.1. The van der Waals surface area contributed by atoms with Gasteiger partial charge in [-0.25, -0.2) is 14.4 Å². The number of halogens is 1. The van der Waals surface area contributed by atoms with Crippen molar-refractivity contribution in [1.29, 1.82) is 0 Å². The first kappa shape index (κ1) is 10.7. The van der Waals surface area contributed by atoms with Crippen molar-refractivity contribution < 1.29 is 4.39 Å². The molecule has 18 heavy (non-hydrogen) atoms. The molecule has 2 aromatic heterocycles. The standard InChI is InChI=1S/C13H11FN4/c1-18-11-3-2-6-16-12(11)17-13(18)9-5-4-8(14)7-10(9)15/h2-7H,15H2,1H3. The Morgan fingerprint density at radius 3 is 2.83 bits per heavy atom. The van der Waals surface area contributed by atoms with Gasteiger partial charge in [-0.05, 0) is 30.3 Å². The van der Waals surface area contributed by atoms with Crippen molar-refractivity contribution in [3.8, 4) is 11.4 Å². The third-order valence-corrected chi connectivity index (χ3v) is 2.91. The normalized spacial score (nSPS) is 11.0. The van der Waals surface area contributed by atoms with E-state index in [1.165, 1.54) is 12.1 Å². The maximum Gasteiger partial charge on any atom is 0.178 e. The van der Waals surface area contributed by atoms with Crippen LogP contribution in [0.3, 0.4) is 0 Å². The van der Waals surface area contributed by atoms with E-state index < -0.39 is 0 Å². The van der Waals surface area contributed by atoms with E-state index in [1.54, 1.807) is 12.3 Å². The van der Waals surface area contributed by atoms with Crippen LogP contribution in [0, 0.1) is 5.82 Å². The highest BCUT2D eigenvalue weighted by molar-refractivity contribution is 5.81. The lowest BCUT2D eigenvalue weighted by molar-refractivity contribution is 0.628. The zero-order valence-corrected chi connectivity index (χ0v) is 9.76. The van der Waals surface area contributed by atoms with Crippen LogP contribution in [0.1, 0.15) is 0 Å². The van der Waals surface area contributed by atoms with Crippen molar-refractivity contribution in [2.75, 3.05) is 5.73 Å². The second kappa shape index (κ2) is 3.80. The summed E-state index contributed by atoms with van der Waals surface area (Å²) < 4.78 is 14.9. The summed E-state index contributed by atoms with van der Waals surface area (Å²) >= 11 is 0. The van der Waals surface area contributed by atoms with Crippen molar-refractivity contribution >= 4 is 16.9 Å². The topological polar surface area (TPSA) is 56.7 Å². The summed E-state index contributed by atoms with van der Waals surface area (Å²) in [6, 6.07) is 8.08. The first-order valence-electron chi connectivity index (χ1n) is 5.49. The highest BCUT2D eigenvalue weighted by Crippen LogP contribution is 2.27. The van der Waals surface area contributed by atoms with Crippen LogP contribution in [0.25, 0.3) is 22.6 Å². The number of fused-ring (bicyclic) bond motifs is 1. The predicted octanol–water partition coefficient (Wildman–Crippen LogP) is 2.36. The fraction of sp³-hybridized carbons (Fsp3) is 0.0769. The lowest BCUT2D eigenvalue weighted by Gasteiger charge is -2.05. The quantitative estimate of drug-likeness (QED) is 0.666. The van der Waals surface area contributed by atoms with Gasteiger partial charge in [-0.15, -0.1) is 0 Å². The second-order valence-corrected chi connectivity index (χ2v) is 4.07. The fourth-order valence-corrected chi connectivity index (χ4v) is 2.00. The number of benzene rings is 1. The molecule has 0 spiro atoms. The van der Waals surface area contributed by atoms with Crippen LogP contribution in [0.15, 0.2) is 36.5 Å². The van der Waals surface area contributed by atoms with Crippen LogP contribution < -0.4 is 5.73 Å². The summed E-state index contributed by atoms with van der Waals surface area (Å²) in [4.78, 5) is 8.61. The van der Waals surface area contributed by atoms with E-state index in [0.29, 0.717) is 22.7 Å². The molecule has 0 saturated carbocycles. The zero-order chi connectivity index (χ0) is 12.7. The van der Waals surface area contributed by atoms with Gasteiger partial charge in [0.15, 0.2) is 5.65 Å². The maximum absolute atomic E-state index is 13.0. The molecule has 90 valence electrons. The Morgan fingerprint density at radius 2 is 2.11 bits per heavy atom. The number of nitrogens with zero attached hydrogens (tertiary/aromatic N) is 3. The minimum Gasteiger partial charge on any atom is -0.398 e. The number of rotatable bonds is 1. The molecule has 0 aliphatic heterocycles. The average molecular weight is 242 g/mol. The van der Waals surface area contributed by atoms with Crippen LogP contribution in [0.4, 0.5) is 10.1 Å². The van der Waals surface area contributed by atoms with Gasteiger partial charge in [-0.1, -0.05) is 0 Å². The monoisotopic (exact) mass is 242 g/mol. The van der Waals surface area contributed by atoms with Crippen molar-refractivity contribution in [3.05, 3.63) is 42.3 Å². The molecule has 4 nitrogen and oxygen atoms in total. The van der Waals surface area contributed by atoms with Crippen LogP contribution in [-0.4, -0.2) is 14.5 Å². The molecule has 2 heterocycles. The Bertz CT molecular complexity index is 733. The first-order chi connectivity index (χ1) is 8.66. The van der Waals surface area contributed by atoms with E-state index >= 15 is 0 Å². The Balaban J connectivity index is 2.28. The second-order valence-electron chi connectivity index (χ2n) is 4.07. The Hall–Kier alpha value is -2.43. The van der Waals surface area contributed by atoms with Crippen molar-refractivity contribution in [2.24, 2.45) is 7.05 Å². The molecule has 3 rings (SSSR count). The third kappa shape index (κ3) is 1.52. The number of hydrogen-bond acceptors (Lipinski definition) is 3. The van der Waals surface area contributed by atoms with Crippen LogP contribution in [0.2, 0.25) is 0 Å². The van der Waals surface area contributed by atoms with Crippen molar-refractivity contribution in [1.82, 2.24) is 14.5 Å². The predicted molar refractivity (Wildman–Crippen MR) is 68.3 cm³/mol. The van der Waals surface area contributed by atoms with Crippen LogP contribution >= 0.6 is 0 Å². The Morgan fingerprint density at radius 1 is 1.28 bits per heavy atom. The fourth-order valence-electron chi connectivity index (χ4n) is 2.00. The summed E-state index contributed by atoms with van der Waals surface area (Å²) in [6.07, 6.45) is 1.69. The van der Waals surface area contributed by atoms with Gasteiger partial charge in [0, 0.05) is 24.5 Å². The SMILES string of the molecule is Cn1c(-c2ccc(F)cc2N)nc2ncccc21. The average Bonchev–Trinajstić information content (AvgIpc) is 2.68. The largest absolute Gasteiger partial charge is 0.398 e. The van der Waals surface area contributed by atoms with E-state index in [-0.39, 0.29) is 5.82 Å². The van der Waals surface area contributed by atoms with Crippen LogP contribution in [-0.2, 0) is 7.05 Å². The number of anilines is 1. The molecule has 0 fully saturated rings. The number of hydrogen-bond donors (Lipinski definition) is 1. The molecule has 0 atom stereocenters. The highest BCUT2D eigenvalue weighted by atomic mass is 19.1. The van der Waals surface area contributed by atoms with E-state index in [4.69, 9.17) is 5.73 Å². The van der Waals surface area contributed by atoms with E-state index in [2.05, 4.69) is 9.97 Å². The summed E-state index contributed by atoms with van der Waals surface area (Å²) in [6.45, 7) is 0.